The molecular formula is C14H19NO3. The Balaban J connectivity index is 2.78. The van der Waals surface area contributed by atoms with Crippen LogP contribution in [0.2, 0.25) is 0 Å². The summed E-state index contributed by atoms with van der Waals surface area (Å²) in [4.78, 5) is 23.8. The van der Waals surface area contributed by atoms with Crippen LogP contribution in [-0.4, -0.2) is 29.9 Å². The normalized spacial score (nSPS) is 10.1. The van der Waals surface area contributed by atoms with Crippen LogP contribution in [0.3, 0.4) is 0 Å². The van der Waals surface area contributed by atoms with Crippen molar-refractivity contribution in [1.82, 2.24) is 0 Å². The van der Waals surface area contributed by atoms with Crippen molar-refractivity contribution in [3.8, 4) is 0 Å². The predicted octanol–water partition coefficient (Wildman–Crippen LogP) is 2.58. The molecule has 0 aromatic heterocycles. The van der Waals surface area contributed by atoms with Crippen LogP contribution in [-0.2, 0) is 4.79 Å². The second-order valence-corrected chi connectivity index (χ2v) is 4.23. The SMILES string of the molecule is CCCN(CCC(=O)O)c1ccc(C(C)=O)cc1. The van der Waals surface area contributed by atoms with Gasteiger partial charge in [0.05, 0.1) is 6.42 Å². The molecule has 0 radical (unpaired) electrons. The summed E-state index contributed by atoms with van der Waals surface area (Å²) in [5, 5.41) is 8.72. The number of hydrogen-bond acceptors (Lipinski definition) is 3. The maximum Gasteiger partial charge on any atom is 0.305 e. The molecule has 1 N–H and O–H groups in total. The number of carboxylic acids is 1. The molecule has 18 heavy (non-hydrogen) atoms. The van der Waals surface area contributed by atoms with Crippen molar-refractivity contribution in [2.24, 2.45) is 0 Å². The highest BCUT2D eigenvalue weighted by Gasteiger charge is 2.08. The van der Waals surface area contributed by atoms with Gasteiger partial charge in [-0.05, 0) is 37.6 Å². The molecule has 4 nitrogen and oxygen atoms in total. The van der Waals surface area contributed by atoms with Gasteiger partial charge < -0.3 is 10.0 Å². The van der Waals surface area contributed by atoms with E-state index in [1.54, 1.807) is 12.1 Å². The molecule has 0 spiro atoms. The Hall–Kier alpha value is -1.84. The van der Waals surface area contributed by atoms with Crippen LogP contribution in [0.4, 0.5) is 5.69 Å². The molecule has 0 aliphatic heterocycles. The van der Waals surface area contributed by atoms with E-state index >= 15 is 0 Å². The zero-order valence-corrected chi connectivity index (χ0v) is 10.8. The van der Waals surface area contributed by atoms with Crippen LogP contribution in [0.1, 0.15) is 37.0 Å². The summed E-state index contributed by atoms with van der Waals surface area (Å²) in [6, 6.07) is 7.30. The Bertz CT molecular complexity index is 412. The maximum absolute atomic E-state index is 11.2. The van der Waals surface area contributed by atoms with Crippen LogP contribution in [0.25, 0.3) is 0 Å². The van der Waals surface area contributed by atoms with Gasteiger partial charge in [-0.25, -0.2) is 0 Å². The lowest BCUT2D eigenvalue weighted by Crippen LogP contribution is -2.26. The van der Waals surface area contributed by atoms with Gasteiger partial charge in [-0.3, -0.25) is 9.59 Å². The number of rotatable bonds is 7. The second kappa shape index (κ2) is 6.79. The molecule has 0 unspecified atom stereocenters. The fourth-order valence-corrected chi connectivity index (χ4v) is 1.78. The number of benzene rings is 1. The van der Waals surface area contributed by atoms with E-state index in [1.807, 2.05) is 17.0 Å². The largest absolute Gasteiger partial charge is 0.481 e. The number of carbonyl (C=O) groups is 2. The standard InChI is InChI=1S/C14H19NO3/c1-3-9-15(10-8-14(17)18)13-6-4-12(5-7-13)11(2)16/h4-7H,3,8-10H2,1-2H3,(H,17,18). The van der Waals surface area contributed by atoms with E-state index in [9.17, 15) is 9.59 Å². The first kappa shape index (κ1) is 14.2. The Kier molecular flexibility index (Phi) is 5.36. The molecular weight excluding hydrogens is 230 g/mol. The Morgan fingerprint density at radius 1 is 1.17 bits per heavy atom. The summed E-state index contributed by atoms with van der Waals surface area (Å²) in [6.07, 6.45) is 1.07. The Morgan fingerprint density at radius 2 is 1.78 bits per heavy atom. The van der Waals surface area contributed by atoms with E-state index in [0.29, 0.717) is 12.1 Å². The van der Waals surface area contributed by atoms with E-state index in [-0.39, 0.29) is 12.2 Å². The van der Waals surface area contributed by atoms with Gasteiger partial charge in [-0.1, -0.05) is 6.92 Å². The van der Waals surface area contributed by atoms with Gasteiger partial charge in [0.25, 0.3) is 0 Å². The Labute approximate surface area is 107 Å². The molecule has 0 aliphatic rings. The van der Waals surface area contributed by atoms with Gasteiger partial charge in [-0.15, -0.1) is 0 Å². The van der Waals surface area contributed by atoms with Crippen molar-refractivity contribution >= 4 is 17.4 Å². The highest BCUT2D eigenvalue weighted by molar-refractivity contribution is 5.94. The van der Waals surface area contributed by atoms with Gasteiger partial charge in [0.1, 0.15) is 0 Å². The predicted molar refractivity (Wildman–Crippen MR) is 71.2 cm³/mol. The van der Waals surface area contributed by atoms with Crippen molar-refractivity contribution in [3.63, 3.8) is 0 Å². The number of nitrogens with zero attached hydrogens (tertiary/aromatic N) is 1. The van der Waals surface area contributed by atoms with Crippen LogP contribution in [0.5, 0.6) is 0 Å². The molecule has 0 heterocycles. The van der Waals surface area contributed by atoms with Gasteiger partial charge in [-0.2, -0.15) is 0 Å². The molecule has 1 rings (SSSR count). The lowest BCUT2D eigenvalue weighted by molar-refractivity contribution is -0.136. The summed E-state index contributed by atoms with van der Waals surface area (Å²) in [5.74, 6) is -0.759. The number of hydrogen-bond donors (Lipinski definition) is 1. The van der Waals surface area contributed by atoms with Crippen molar-refractivity contribution in [1.29, 1.82) is 0 Å². The summed E-state index contributed by atoms with van der Waals surface area (Å²) in [7, 11) is 0. The number of ketones is 1. The van der Waals surface area contributed by atoms with Gasteiger partial charge >= 0.3 is 5.97 Å². The minimum Gasteiger partial charge on any atom is -0.481 e. The van der Waals surface area contributed by atoms with Gasteiger partial charge in [0.2, 0.25) is 0 Å². The summed E-state index contributed by atoms with van der Waals surface area (Å²) in [6.45, 7) is 4.89. The van der Waals surface area contributed by atoms with Crippen LogP contribution < -0.4 is 4.90 Å². The van der Waals surface area contributed by atoms with Crippen LogP contribution in [0, 0.1) is 0 Å². The zero-order chi connectivity index (χ0) is 13.5. The average Bonchev–Trinajstić information content (AvgIpc) is 2.34. The number of Topliss-reactive ketones (excluding diaryl/α,β-unsaturated/α-hetero) is 1. The molecule has 1 aromatic rings. The molecule has 0 atom stereocenters. The quantitative estimate of drug-likeness (QED) is 0.754. The topological polar surface area (TPSA) is 57.6 Å². The first-order valence-electron chi connectivity index (χ1n) is 6.12. The van der Waals surface area contributed by atoms with Crippen molar-refractivity contribution in [3.05, 3.63) is 29.8 Å². The molecule has 0 amide bonds. The minimum atomic E-state index is -0.795. The van der Waals surface area contributed by atoms with E-state index in [0.717, 1.165) is 18.7 Å². The lowest BCUT2D eigenvalue weighted by atomic mass is 10.1. The molecule has 0 saturated heterocycles. The van der Waals surface area contributed by atoms with E-state index in [2.05, 4.69) is 6.92 Å². The summed E-state index contributed by atoms with van der Waals surface area (Å²) < 4.78 is 0. The monoisotopic (exact) mass is 249 g/mol. The molecule has 0 aliphatic carbocycles. The zero-order valence-electron chi connectivity index (χ0n) is 10.8. The smallest absolute Gasteiger partial charge is 0.305 e. The molecule has 98 valence electrons. The van der Waals surface area contributed by atoms with Crippen molar-refractivity contribution in [2.45, 2.75) is 26.7 Å². The average molecular weight is 249 g/mol. The third-order valence-electron chi connectivity index (χ3n) is 2.73. The molecule has 0 bridgehead atoms. The first-order valence-corrected chi connectivity index (χ1v) is 6.12. The number of anilines is 1. The van der Waals surface area contributed by atoms with E-state index in [1.165, 1.54) is 6.92 Å². The highest BCUT2D eigenvalue weighted by atomic mass is 16.4. The number of carboxylic acid groups (broad SMARTS) is 1. The van der Waals surface area contributed by atoms with Crippen LogP contribution in [0.15, 0.2) is 24.3 Å². The fourth-order valence-electron chi connectivity index (χ4n) is 1.78. The van der Waals surface area contributed by atoms with E-state index in [4.69, 9.17) is 5.11 Å². The minimum absolute atomic E-state index is 0.0362. The van der Waals surface area contributed by atoms with Crippen molar-refractivity contribution in [2.75, 3.05) is 18.0 Å². The highest BCUT2D eigenvalue weighted by Crippen LogP contribution is 2.16. The summed E-state index contributed by atoms with van der Waals surface area (Å²) in [5.41, 5.74) is 1.64. The van der Waals surface area contributed by atoms with Crippen molar-refractivity contribution < 1.29 is 14.7 Å². The third-order valence-corrected chi connectivity index (χ3v) is 2.73. The van der Waals surface area contributed by atoms with Gasteiger partial charge in [0, 0.05) is 24.3 Å². The van der Waals surface area contributed by atoms with E-state index < -0.39 is 5.97 Å². The number of carbonyl (C=O) groups excluding carboxylic acids is 1. The maximum atomic E-state index is 11.2. The molecule has 1 aromatic carbocycles. The summed E-state index contributed by atoms with van der Waals surface area (Å²) >= 11 is 0. The van der Waals surface area contributed by atoms with Gasteiger partial charge in [0.15, 0.2) is 5.78 Å². The molecule has 0 saturated carbocycles. The fraction of sp³-hybridized carbons (Fsp3) is 0.429. The third kappa shape index (κ3) is 4.20. The van der Waals surface area contributed by atoms with Crippen LogP contribution >= 0.6 is 0 Å². The second-order valence-electron chi connectivity index (χ2n) is 4.23. The molecule has 0 fully saturated rings. The molecule has 4 heteroatoms. The number of aliphatic carboxylic acids is 1. The lowest BCUT2D eigenvalue weighted by Gasteiger charge is -2.23. The Morgan fingerprint density at radius 3 is 2.22 bits per heavy atom. The first-order chi connectivity index (χ1) is 8.54.